The van der Waals surface area contributed by atoms with Crippen molar-refractivity contribution < 1.29 is 22.7 Å². The van der Waals surface area contributed by atoms with Gasteiger partial charge in [0, 0.05) is 18.5 Å². The van der Waals surface area contributed by atoms with E-state index in [1.54, 1.807) is 30.0 Å². The second kappa shape index (κ2) is 7.17. The smallest absolute Gasteiger partial charge is 0.378 e. The molecule has 2 aromatic rings. The molecule has 2 heterocycles. The van der Waals surface area contributed by atoms with E-state index in [-0.39, 0.29) is 16.4 Å². The molecule has 1 aliphatic rings. The molecule has 0 saturated carbocycles. The van der Waals surface area contributed by atoms with E-state index in [2.05, 4.69) is 9.97 Å². The molecule has 3 rings (SSSR count). The molecule has 0 unspecified atom stereocenters. The second-order valence-corrected chi connectivity index (χ2v) is 6.89. The van der Waals surface area contributed by atoms with Gasteiger partial charge in [-0.2, -0.15) is 13.2 Å². The Bertz CT molecular complexity index is 779. The molecule has 1 amide bonds. The van der Waals surface area contributed by atoms with Crippen molar-refractivity contribution in [2.24, 2.45) is 0 Å². The summed E-state index contributed by atoms with van der Waals surface area (Å²) in [6, 6.07) is 6.48. The maximum Gasteiger partial charge on any atom is 0.451 e. The molecule has 25 heavy (non-hydrogen) atoms. The third kappa shape index (κ3) is 4.04. The van der Waals surface area contributed by atoms with Crippen LogP contribution in [0.4, 0.5) is 13.2 Å². The Labute approximate surface area is 146 Å². The zero-order valence-corrected chi connectivity index (χ0v) is 14.2. The van der Waals surface area contributed by atoms with Gasteiger partial charge in [0.1, 0.15) is 5.03 Å². The van der Waals surface area contributed by atoms with Crippen LogP contribution < -0.4 is 0 Å². The number of nitrogens with zero attached hydrogens (tertiary/aromatic N) is 3. The number of carbonyl (C=O) groups excluding carboxylic acids is 1. The summed E-state index contributed by atoms with van der Waals surface area (Å²) in [5.74, 6) is -1.33. The number of thioether (sulfide) groups is 1. The Morgan fingerprint density at radius 1 is 1.24 bits per heavy atom. The first-order valence-electron chi connectivity index (χ1n) is 7.73. The minimum atomic E-state index is -4.64. The topological polar surface area (TPSA) is 55.3 Å². The summed E-state index contributed by atoms with van der Waals surface area (Å²) in [6.07, 6.45) is -4.64. The van der Waals surface area contributed by atoms with E-state index in [4.69, 9.17) is 4.74 Å². The van der Waals surface area contributed by atoms with Crippen LogP contribution >= 0.6 is 11.8 Å². The normalized spacial score (nSPS) is 16.9. The Morgan fingerprint density at radius 3 is 2.60 bits per heavy atom. The molecule has 0 aliphatic carbocycles. The van der Waals surface area contributed by atoms with E-state index < -0.39 is 17.3 Å². The Balaban J connectivity index is 1.90. The fourth-order valence-electron chi connectivity index (χ4n) is 2.52. The first-order chi connectivity index (χ1) is 11.9. The van der Waals surface area contributed by atoms with Gasteiger partial charge in [-0.1, -0.05) is 30.0 Å². The number of fused-ring (bicyclic) bond motifs is 1. The minimum Gasteiger partial charge on any atom is -0.378 e. The second-order valence-electron chi connectivity index (χ2n) is 5.57. The van der Waals surface area contributed by atoms with Crippen LogP contribution in [0.3, 0.4) is 0 Å². The highest BCUT2D eigenvalue weighted by Crippen LogP contribution is 2.34. The van der Waals surface area contributed by atoms with Crippen LogP contribution in [-0.4, -0.2) is 52.3 Å². The van der Waals surface area contributed by atoms with E-state index in [0.29, 0.717) is 31.7 Å². The van der Waals surface area contributed by atoms with Crippen molar-refractivity contribution in [1.29, 1.82) is 0 Å². The summed E-state index contributed by atoms with van der Waals surface area (Å²) >= 11 is 1.02. The van der Waals surface area contributed by atoms with Gasteiger partial charge < -0.3 is 9.64 Å². The van der Waals surface area contributed by atoms with E-state index in [1.807, 2.05) is 0 Å². The summed E-state index contributed by atoms with van der Waals surface area (Å²) in [4.78, 5) is 21.4. The van der Waals surface area contributed by atoms with Gasteiger partial charge in [0.25, 0.3) is 0 Å². The number of rotatable bonds is 3. The number of hydrogen-bond donors (Lipinski definition) is 0. The van der Waals surface area contributed by atoms with Crippen LogP contribution in [0, 0.1) is 0 Å². The molecule has 5 nitrogen and oxygen atoms in total. The molecule has 1 aromatic heterocycles. The number of para-hydroxylation sites is 1. The molecule has 1 fully saturated rings. The Hall–Kier alpha value is -1.87. The van der Waals surface area contributed by atoms with Gasteiger partial charge in [-0.3, -0.25) is 4.79 Å². The van der Waals surface area contributed by atoms with Gasteiger partial charge in [-0.15, -0.1) is 0 Å². The minimum absolute atomic E-state index is 0.135. The van der Waals surface area contributed by atoms with E-state index in [9.17, 15) is 18.0 Å². The third-order valence-electron chi connectivity index (χ3n) is 3.78. The van der Waals surface area contributed by atoms with Gasteiger partial charge in [0.2, 0.25) is 11.7 Å². The molecular weight excluding hydrogens is 355 g/mol. The quantitative estimate of drug-likeness (QED) is 0.613. The number of hydrogen-bond acceptors (Lipinski definition) is 5. The summed E-state index contributed by atoms with van der Waals surface area (Å²) in [6.45, 7) is 3.59. The van der Waals surface area contributed by atoms with Gasteiger partial charge in [-0.05, 0) is 13.0 Å². The van der Waals surface area contributed by atoms with Crippen LogP contribution in [0.15, 0.2) is 29.3 Å². The first-order valence-corrected chi connectivity index (χ1v) is 8.61. The summed E-state index contributed by atoms with van der Waals surface area (Å²) < 4.78 is 44.4. The van der Waals surface area contributed by atoms with E-state index >= 15 is 0 Å². The highest BCUT2D eigenvalue weighted by molar-refractivity contribution is 8.00. The Kier molecular flexibility index (Phi) is 5.14. The van der Waals surface area contributed by atoms with Crippen molar-refractivity contribution in [3.63, 3.8) is 0 Å². The fraction of sp³-hybridized carbons (Fsp3) is 0.438. The number of ether oxygens (including phenoxy) is 1. The van der Waals surface area contributed by atoms with E-state index in [1.165, 1.54) is 6.07 Å². The summed E-state index contributed by atoms with van der Waals surface area (Å²) in [5, 5.41) is 0.103. The first kappa shape index (κ1) is 17.9. The Morgan fingerprint density at radius 2 is 1.92 bits per heavy atom. The lowest BCUT2D eigenvalue weighted by atomic mass is 10.2. The SMILES string of the molecule is C[C@H](Sc1nc(C(F)(F)F)nc2ccccc12)C(=O)N1CCOCC1. The molecule has 1 aromatic carbocycles. The summed E-state index contributed by atoms with van der Waals surface area (Å²) in [5.41, 5.74) is 0.207. The van der Waals surface area contributed by atoms with Crippen LogP contribution in [-0.2, 0) is 15.7 Å². The van der Waals surface area contributed by atoms with Gasteiger partial charge in [0.05, 0.1) is 24.0 Å². The molecule has 1 saturated heterocycles. The highest BCUT2D eigenvalue weighted by Gasteiger charge is 2.36. The molecule has 9 heteroatoms. The van der Waals surface area contributed by atoms with Crippen molar-refractivity contribution in [2.45, 2.75) is 23.4 Å². The largest absolute Gasteiger partial charge is 0.451 e. The van der Waals surface area contributed by atoms with Crippen LogP contribution in [0.25, 0.3) is 10.9 Å². The predicted molar refractivity (Wildman–Crippen MR) is 87.3 cm³/mol. The average molecular weight is 371 g/mol. The fourth-order valence-corrected chi connectivity index (χ4v) is 3.55. The number of aromatic nitrogens is 2. The number of amides is 1. The zero-order valence-electron chi connectivity index (χ0n) is 13.4. The number of halogens is 3. The average Bonchev–Trinajstić information content (AvgIpc) is 2.61. The van der Waals surface area contributed by atoms with Crippen molar-refractivity contribution in [3.05, 3.63) is 30.1 Å². The van der Waals surface area contributed by atoms with Gasteiger partial charge in [0.15, 0.2) is 0 Å². The molecule has 1 atom stereocenters. The standard InChI is InChI=1S/C16H16F3N3O2S/c1-10(14(23)22-6-8-24-9-7-22)25-13-11-4-2-3-5-12(11)20-15(21-13)16(17,18)19/h2-5,10H,6-9H2,1H3/t10-/m0/s1. The lowest BCUT2D eigenvalue weighted by molar-refractivity contribution is -0.145. The molecular formula is C16H16F3N3O2S. The highest BCUT2D eigenvalue weighted by atomic mass is 32.2. The van der Waals surface area contributed by atoms with Gasteiger partial charge >= 0.3 is 6.18 Å². The number of alkyl halides is 3. The molecule has 0 radical (unpaired) electrons. The lowest BCUT2D eigenvalue weighted by Gasteiger charge is -2.29. The monoisotopic (exact) mass is 371 g/mol. The van der Waals surface area contributed by atoms with Crippen LogP contribution in [0.1, 0.15) is 12.7 Å². The van der Waals surface area contributed by atoms with Crippen molar-refractivity contribution in [2.75, 3.05) is 26.3 Å². The molecule has 0 N–H and O–H groups in total. The van der Waals surface area contributed by atoms with Gasteiger partial charge in [-0.25, -0.2) is 9.97 Å². The molecule has 134 valence electrons. The van der Waals surface area contributed by atoms with Crippen molar-refractivity contribution in [3.8, 4) is 0 Å². The molecule has 0 bridgehead atoms. The van der Waals surface area contributed by atoms with Crippen LogP contribution in [0.5, 0.6) is 0 Å². The van der Waals surface area contributed by atoms with E-state index in [0.717, 1.165) is 11.8 Å². The third-order valence-corrected chi connectivity index (χ3v) is 4.87. The maximum atomic E-state index is 13.1. The number of benzene rings is 1. The number of morpholine rings is 1. The predicted octanol–water partition coefficient (Wildman–Crippen LogP) is 2.99. The van der Waals surface area contributed by atoms with Crippen molar-refractivity contribution >= 4 is 28.6 Å². The maximum absolute atomic E-state index is 13.1. The zero-order chi connectivity index (χ0) is 18.0. The lowest BCUT2D eigenvalue weighted by Crippen LogP contribution is -2.44. The van der Waals surface area contributed by atoms with Crippen molar-refractivity contribution in [1.82, 2.24) is 14.9 Å². The molecule has 1 aliphatic heterocycles. The molecule has 0 spiro atoms. The van der Waals surface area contributed by atoms with Crippen LogP contribution in [0.2, 0.25) is 0 Å². The number of carbonyl (C=O) groups is 1. The summed E-state index contributed by atoms with van der Waals surface area (Å²) in [7, 11) is 0.